The minimum absolute atomic E-state index is 0.0521. The van der Waals surface area contributed by atoms with Gasteiger partial charge in [0.05, 0.1) is 19.0 Å². The highest BCUT2D eigenvalue weighted by atomic mass is 16.4. The zero-order chi connectivity index (χ0) is 29.2. The van der Waals surface area contributed by atoms with Crippen LogP contribution < -0.4 is 21.5 Å². The second-order valence-corrected chi connectivity index (χ2v) is 9.23. The lowest BCUT2D eigenvalue weighted by molar-refractivity contribution is -0.140. The van der Waals surface area contributed by atoms with Crippen molar-refractivity contribution in [2.45, 2.75) is 51.6 Å². The van der Waals surface area contributed by atoms with Gasteiger partial charge in [-0.2, -0.15) is 0 Å². The van der Waals surface area contributed by atoms with Crippen LogP contribution in [-0.4, -0.2) is 51.7 Å². The first-order chi connectivity index (χ1) is 19.1. The summed E-state index contributed by atoms with van der Waals surface area (Å²) in [4.78, 5) is 75.0. The molecule has 3 rings (SSSR count). The lowest BCUT2D eigenvalue weighted by atomic mass is 10.1. The Hall–Kier alpha value is -4.80. The number of Topliss-reactive ketones (excluding diaryl/α,β-unsaturated/α-hetero) is 1. The van der Waals surface area contributed by atoms with Crippen LogP contribution in [0.4, 0.5) is 5.69 Å². The molecule has 0 aliphatic carbocycles. The van der Waals surface area contributed by atoms with Gasteiger partial charge in [0.25, 0.3) is 11.5 Å². The Morgan fingerprint density at radius 3 is 2.35 bits per heavy atom. The summed E-state index contributed by atoms with van der Waals surface area (Å²) in [5, 5.41) is 18.5. The number of anilines is 1. The van der Waals surface area contributed by atoms with Crippen molar-refractivity contribution in [3.8, 4) is 0 Å². The number of nitrogens with one attached hydrogen (secondary N) is 3. The number of benzene rings is 2. The van der Waals surface area contributed by atoms with Gasteiger partial charge in [0.1, 0.15) is 11.7 Å². The summed E-state index contributed by atoms with van der Waals surface area (Å²) < 4.78 is 1.12. The number of hydrogen-bond donors (Lipinski definition) is 4. The smallest absolute Gasteiger partial charge is 0.305 e. The highest BCUT2D eigenvalue weighted by molar-refractivity contribution is 6.06. The molecule has 0 saturated carbocycles. The lowest BCUT2D eigenvalue weighted by Crippen LogP contribution is -2.49. The third-order valence-electron chi connectivity index (χ3n) is 6.28. The predicted molar refractivity (Wildman–Crippen MR) is 149 cm³/mol. The maximum Gasteiger partial charge on any atom is 0.305 e. The van der Waals surface area contributed by atoms with Crippen LogP contribution in [0.2, 0.25) is 0 Å². The van der Waals surface area contributed by atoms with Crippen molar-refractivity contribution in [2.24, 2.45) is 0 Å². The molecule has 0 fully saturated rings. The Morgan fingerprint density at radius 1 is 0.950 bits per heavy atom. The van der Waals surface area contributed by atoms with E-state index in [0.29, 0.717) is 12.0 Å². The molecule has 2 unspecified atom stereocenters. The number of ketones is 1. The van der Waals surface area contributed by atoms with Crippen molar-refractivity contribution in [3.05, 3.63) is 76.7 Å². The zero-order valence-electron chi connectivity index (χ0n) is 22.3. The normalized spacial score (nSPS) is 12.2. The number of carbonyl (C=O) groups excluding carboxylic acids is 4. The molecule has 3 aromatic rings. The molecule has 0 spiro atoms. The summed E-state index contributed by atoms with van der Waals surface area (Å²) in [6, 6.07) is 13.1. The average Bonchev–Trinajstić information content (AvgIpc) is 2.93. The van der Waals surface area contributed by atoms with E-state index < -0.39 is 54.2 Å². The SMILES string of the molecule is CCCC(=O)NCC(=O)C(CC(=O)O)NC(=O)C(CC)n1cccc(NC(=O)c2ccc3ccccc3c2)c1=O. The standard InChI is InChI=1S/C29H32N4O7/c1-3-8-25(35)30-17-24(34)22(16-26(36)37)32-28(39)23(4-2)33-14-7-11-21(29(33)40)31-27(38)20-13-12-18-9-5-6-10-19(18)15-20/h5-7,9-15,22-23H,3-4,8,16-17H2,1-2H3,(H,30,35)(H,31,38)(H,32,39)(H,36,37). The molecule has 1 heterocycles. The maximum absolute atomic E-state index is 13.2. The molecule has 40 heavy (non-hydrogen) atoms. The predicted octanol–water partition coefficient (Wildman–Crippen LogP) is 2.65. The molecule has 2 aromatic carbocycles. The van der Waals surface area contributed by atoms with Crippen LogP contribution in [0.25, 0.3) is 10.8 Å². The summed E-state index contributed by atoms with van der Waals surface area (Å²) in [7, 11) is 0. The van der Waals surface area contributed by atoms with Crippen molar-refractivity contribution in [3.63, 3.8) is 0 Å². The summed E-state index contributed by atoms with van der Waals surface area (Å²) in [6.45, 7) is 3.01. The molecule has 3 amide bonds. The maximum atomic E-state index is 13.2. The van der Waals surface area contributed by atoms with Crippen LogP contribution in [0, 0.1) is 0 Å². The van der Waals surface area contributed by atoms with E-state index in [9.17, 15) is 33.9 Å². The molecule has 0 bridgehead atoms. The third-order valence-corrected chi connectivity index (χ3v) is 6.28. The van der Waals surface area contributed by atoms with Crippen LogP contribution in [-0.2, 0) is 19.2 Å². The fourth-order valence-electron chi connectivity index (χ4n) is 4.20. The number of carboxylic acids is 1. The second-order valence-electron chi connectivity index (χ2n) is 9.23. The molecule has 0 saturated heterocycles. The van der Waals surface area contributed by atoms with Gasteiger partial charge in [-0.1, -0.05) is 44.2 Å². The minimum atomic E-state index is -1.41. The summed E-state index contributed by atoms with van der Waals surface area (Å²) in [5.74, 6) is -3.62. The van der Waals surface area contributed by atoms with Crippen molar-refractivity contribution < 1.29 is 29.1 Å². The van der Waals surface area contributed by atoms with Gasteiger partial charge in [-0.15, -0.1) is 0 Å². The highest BCUT2D eigenvalue weighted by Gasteiger charge is 2.28. The number of aromatic nitrogens is 1. The largest absolute Gasteiger partial charge is 0.481 e. The van der Waals surface area contributed by atoms with Crippen LogP contribution in [0.5, 0.6) is 0 Å². The van der Waals surface area contributed by atoms with Gasteiger partial charge in [-0.05, 0) is 47.9 Å². The zero-order valence-corrected chi connectivity index (χ0v) is 22.3. The van der Waals surface area contributed by atoms with Gasteiger partial charge in [-0.25, -0.2) is 0 Å². The molecular weight excluding hydrogens is 516 g/mol. The van der Waals surface area contributed by atoms with E-state index in [1.165, 1.54) is 18.3 Å². The fraction of sp³-hybridized carbons (Fsp3) is 0.310. The van der Waals surface area contributed by atoms with Crippen molar-refractivity contribution >= 4 is 45.9 Å². The number of nitrogens with zero attached hydrogens (tertiary/aromatic N) is 1. The molecule has 0 aliphatic heterocycles. The quantitative estimate of drug-likeness (QED) is 0.255. The highest BCUT2D eigenvalue weighted by Crippen LogP contribution is 2.17. The minimum Gasteiger partial charge on any atom is -0.481 e. The average molecular weight is 549 g/mol. The van der Waals surface area contributed by atoms with E-state index in [2.05, 4.69) is 16.0 Å². The van der Waals surface area contributed by atoms with Crippen LogP contribution in [0.1, 0.15) is 55.9 Å². The van der Waals surface area contributed by atoms with Gasteiger partial charge in [0, 0.05) is 18.2 Å². The molecule has 0 radical (unpaired) electrons. The van der Waals surface area contributed by atoms with Crippen molar-refractivity contribution in [1.29, 1.82) is 0 Å². The molecular formula is C29H32N4O7. The Morgan fingerprint density at radius 2 is 1.68 bits per heavy atom. The van der Waals surface area contributed by atoms with Gasteiger partial charge in [-0.3, -0.25) is 28.8 Å². The van der Waals surface area contributed by atoms with E-state index >= 15 is 0 Å². The van der Waals surface area contributed by atoms with Gasteiger partial charge in [0.15, 0.2) is 5.78 Å². The third kappa shape index (κ3) is 7.62. The molecule has 11 heteroatoms. The van der Waals surface area contributed by atoms with E-state index in [-0.39, 0.29) is 24.4 Å². The summed E-state index contributed by atoms with van der Waals surface area (Å²) in [6.07, 6.45) is 1.60. The van der Waals surface area contributed by atoms with Crippen molar-refractivity contribution in [1.82, 2.24) is 15.2 Å². The molecule has 2 atom stereocenters. The Kier molecular flexibility index (Phi) is 10.3. The molecule has 11 nitrogen and oxygen atoms in total. The number of amides is 3. The Bertz CT molecular complexity index is 1480. The van der Waals surface area contributed by atoms with Crippen molar-refractivity contribution in [2.75, 3.05) is 11.9 Å². The molecule has 0 aliphatic rings. The van der Waals surface area contributed by atoms with Gasteiger partial charge < -0.3 is 25.6 Å². The summed E-state index contributed by atoms with van der Waals surface area (Å²) >= 11 is 0. The number of hydrogen-bond acceptors (Lipinski definition) is 6. The first-order valence-electron chi connectivity index (χ1n) is 13.0. The van der Waals surface area contributed by atoms with Gasteiger partial charge >= 0.3 is 5.97 Å². The Balaban J connectivity index is 1.78. The van der Waals surface area contributed by atoms with Gasteiger partial charge in [0.2, 0.25) is 11.8 Å². The van der Waals surface area contributed by atoms with E-state index in [4.69, 9.17) is 0 Å². The molecule has 210 valence electrons. The number of aliphatic carboxylic acids is 1. The van der Waals surface area contributed by atoms with E-state index in [1.807, 2.05) is 24.3 Å². The molecule has 1 aromatic heterocycles. The number of carboxylic acid groups (broad SMARTS) is 1. The first kappa shape index (κ1) is 29.8. The monoisotopic (exact) mass is 548 g/mol. The fourth-order valence-corrected chi connectivity index (χ4v) is 4.20. The number of pyridine rings is 1. The van der Waals surface area contributed by atoms with Crippen LogP contribution in [0.3, 0.4) is 0 Å². The number of fused-ring (bicyclic) bond motifs is 1. The lowest BCUT2D eigenvalue weighted by Gasteiger charge is -2.22. The Labute approximate surface area is 230 Å². The molecule has 4 N–H and O–H groups in total. The summed E-state index contributed by atoms with van der Waals surface area (Å²) in [5.41, 5.74) is -0.352. The van der Waals surface area contributed by atoms with E-state index in [1.54, 1.807) is 32.0 Å². The number of rotatable bonds is 13. The van der Waals surface area contributed by atoms with E-state index in [0.717, 1.165) is 15.3 Å². The first-order valence-corrected chi connectivity index (χ1v) is 13.0. The number of carbonyl (C=O) groups is 5. The van der Waals surface area contributed by atoms with Crippen LogP contribution in [0.15, 0.2) is 65.6 Å². The second kappa shape index (κ2) is 13.8. The topological polar surface area (TPSA) is 164 Å². The van der Waals surface area contributed by atoms with Crippen LogP contribution >= 0.6 is 0 Å².